The quantitative estimate of drug-likeness (QED) is 0.398. The lowest BCUT2D eigenvalue weighted by Gasteiger charge is -2.43. The Morgan fingerprint density at radius 2 is 1.76 bits per heavy atom. The number of benzene rings is 3. The summed E-state index contributed by atoms with van der Waals surface area (Å²) in [4.78, 5) is 26.4. The summed E-state index contributed by atoms with van der Waals surface area (Å²) < 4.78 is 38.8. The molecule has 0 N–H and O–H groups in total. The monoisotopic (exact) mass is 505 g/mol. The number of nitrogens with zero attached hydrogens (tertiary/aromatic N) is 1. The smallest absolute Gasteiger partial charge is 0.338 e. The molecule has 1 fully saturated rings. The third-order valence-electron chi connectivity index (χ3n) is 5.60. The SMILES string of the molecule is O=C(OCCC1(c2ccc(Cl)c(Cl)c2)CN(c2ccc(F)c(F)c2)C(=O)CO1)c1ccccc1. The second-order valence-electron chi connectivity index (χ2n) is 7.74. The molecule has 176 valence electrons. The van der Waals surface area contributed by atoms with Gasteiger partial charge in [0.1, 0.15) is 12.2 Å². The number of esters is 1. The van der Waals surface area contributed by atoms with E-state index in [0.717, 1.165) is 12.1 Å². The molecule has 1 aliphatic rings. The van der Waals surface area contributed by atoms with Crippen molar-refractivity contribution in [1.29, 1.82) is 0 Å². The fraction of sp³-hybridized carbons (Fsp3) is 0.200. The van der Waals surface area contributed by atoms with Gasteiger partial charge in [-0.3, -0.25) is 4.79 Å². The Morgan fingerprint density at radius 1 is 1.00 bits per heavy atom. The van der Waals surface area contributed by atoms with Crippen LogP contribution < -0.4 is 4.90 Å². The Kier molecular flexibility index (Phi) is 7.16. The normalized spacial score (nSPS) is 18.1. The highest BCUT2D eigenvalue weighted by atomic mass is 35.5. The van der Waals surface area contributed by atoms with Crippen molar-refractivity contribution in [2.24, 2.45) is 0 Å². The number of rotatable bonds is 6. The summed E-state index contributed by atoms with van der Waals surface area (Å²) >= 11 is 12.3. The highest BCUT2D eigenvalue weighted by Gasteiger charge is 2.42. The standard InChI is InChI=1S/C25H19Cl2F2NO4/c26-19-8-6-17(12-20(19)27)25(10-11-33-24(32)16-4-2-1-3-5-16)15-30(23(31)14-34-25)18-7-9-21(28)22(29)13-18/h1-9,12-13H,10-11,14-15H2. The van der Waals surface area contributed by atoms with Gasteiger partial charge in [-0.2, -0.15) is 0 Å². The van der Waals surface area contributed by atoms with E-state index < -0.39 is 29.1 Å². The van der Waals surface area contributed by atoms with E-state index in [2.05, 4.69) is 0 Å². The lowest BCUT2D eigenvalue weighted by atomic mass is 9.88. The number of halogens is 4. The van der Waals surface area contributed by atoms with E-state index in [1.54, 1.807) is 48.5 Å². The van der Waals surface area contributed by atoms with E-state index in [-0.39, 0.29) is 36.9 Å². The molecule has 9 heteroatoms. The van der Waals surface area contributed by atoms with Gasteiger partial charge < -0.3 is 14.4 Å². The maximum absolute atomic E-state index is 13.9. The zero-order chi connectivity index (χ0) is 24.3. The number of carbonyl (C=O) groups excluding carboxylic acids is 2. The van der Waals surface area contributed by atoms with Gasteiger partial charge in [0, 0.05) is 18.2 Å². The van der Waals surface area contributed by atoms with Crippen molar-refractivity contribution in [2.45, 2.75) is 12.0 Å². The Hall–Kier alpha value is -3.00. The lowest BCUT2D eigenvalue weighted by molar-refractivity contribution is -0.142. The summed E-state index contributed by atoms with van der Waals surface area (Å²) in [5, 5.41) is 0.611. The maximum atomic E-state index is 13.9. The van der Waals surface area contributed by atoms with E-state index in [9.17, 15) is 18.4 Å². The first-order chi connectivity index (χ1) is 16.3. The molecule has 3 aromatic carbocycles. The van der Waals surface area contributed by atoms with Gasteiger partial charge in [0.2, 0.25) is 0 Å². The van der Waals surface area contributed by atoms with E-state index in [4.69, 9.17) is 32.7 Å². The largest absolute Gasteiger partial charge is 0.462 e. The van der Waals surface area contributed by atoms with Crippen molar-refractivity contribution in [1.82, 2.24) is 0 Å². The van der Waals surface area contributed by atoms with Gasteiger partial charge in [-0.15, -0.1) is 0 Å². The van der Waals surface area contributed by atoms with E-state index >= 15 is 0 Å². The van der Waals surface area contributed by atoms with Crippen LogP contribution in [0.15, 0.2) is 66.7 Å². The molecular weight excluding hydrogens is 487 g/mol. The topological polar surface area (TPSA) is 55.8 Å². The van der Waals surface area contributed by atoms with Gasteiger partial charge in [0.25, 0.3) is 5.91 Å². The van der Waals surface area contributed by atoms with Crippen LogP contribution in [0.25, 0.3) is 0 Å². The number of hydrogen-bond acceptors (Lipinski definition) is 4. The highest BCUT2D eigenvalue weighted by Crippen LogP contribution is 2.38. The number of morpholine rings is 1. The summed E-state index contributed by atoms with van der Waals surface area (Å²) in [6, 6.07) is 16.6. The van der Waals surface area contributed by atoms with Gasteiger partial charge in [-0.25, -0.2) is 13.6 Å². The Labute approximate surface area is 204 Å². The predicted molar refractivity (Wildman–Crippen MR) is 124 cm³/mol. The fourth-order valence-electron chi connectivity index (χ4n) is 3.77. The molecule has 0 bridgehead atoms. The molecule has 1 atom stereocenters. The summed E-state index contributed by atoms with van der Waals surface area (Å²) in [7, 11) is 0. The second-order valence-corrected chi connectivity index (χ2v) is 8.56. The first kappa shape index (κ1) is 24.1. The molecule has 0 aliphatic carbocycles. The molecule has 0 saturated carbocycles. The minimum Gasteiger partial charge on any atom is -0.462 e. The molecule has 0 spiro atoms. The van der Waals surface area contributed by atoms with E-state index in [1.165, 1.54) is 11.0 Å². The summed E-state index contributed by atoms with van der Waals surface area (Å²) in [6.07, 6.45) is 0.164. The molecule has 4 rings (SSSR count). The van der Waals surface area contributed by atoms with Crippen molar-refractivity contribution >= 4 is 40.8 Å². The maximum Gasteiger partial charge on any atom is 0.338 e. The van der Waals surface area contributed by atoms with Crippen molar-refractivity contribution in [3.8, 4) is 0 Å². The summed E-state index contributed by atoms with van der Waals surface area (Å²) in [6.45, 7) is -0.405. The fourth-order valence-corrected chi connectivity index (χ4v) is 4.07. The van der Waals surface area contributed by atoms with E-state index in [1.807, 2.05) is 0 Å². The predicted octanol–water partition coefficient (Wildman–Crippen LogP) is 5.78. The van der Waals surface area contributed by atoms with Crippen LogP contribution in [0.4, 0.5) is 14.5 Å². The van der Waals surface area contributed by atoms with Gasteiger partial charge >= 0.3 is 5.97 Å². The van der Waals surface area contributed by atoms with Gasteiger partial charge in [0.05, 0.1) is 28.8 Å². The second kappa shape index (κ2) is 10.1. The number of ether oxygens (including phenoxy) is 2. The lowest BCUT2D eigenvalue weighted by Crippen LogP contribution is -2.53. The first-order valence-electron chi connectivity index (χ1n) is 10.4. The number of anilines is 1. The molecular formula is C25H19Cl2F2NO4. The van der Waals surface area contributed by atoms with Crippen molar-refractivity contribution < 1.29 is 27.8 Å². The zero-order valence-corrected chi connectivity index (χ0v) is 19.3. The van der Waals surface area contributed by atoms with Crippen molar-refractivity contribution in [3.63, 3.8) is 0 Å². The molecule has 1 heterocycles. The minimum absolute atomic E-state index is 0.0339. The molecule has 1 unspecified atom stereocenters. The van der Waals surface area contributed by atoms with Gasteiger partial charge in [0.15, 0.2) is 11.6 Å². The van der Waals surface area contributed by atoms with Crippen LogP contribution in [-0.4, -0.2) is 31.6 Å². The number of amides is 1. The average molecular weight is 506 g/mol. The third-order valence-corrected chi connectivity index (χ3v) is 6.33. The molecule has 5 nitrogen and oxygen atoms in total. The zero-order valence-electron chi connectivity index (χ0n) is 17.8. The van der Waals surface area contributed by atoms with Crippen molar-refractivity contribution in [3.05, 3.63) is 99.5 Å². The van der Waals surface area contributed by atoms with E-state index in [0.29, 0.717) is 16.1 Å². The number of hydrogen-bond donors (Lipinski definition) is 0. The van der Waals surface area contributed by atoms with Gasteiger partial charge in [-0.1, -0.05) is 47.5 Å². The Morgan fingerprint density at radius 3 is 2.47 bits per heavy atom. The third kappa shape index (κ3) is 5.06. The van der Waals surface area contributed by atoms with Crippen LogP contribution in [0.2, 0.25) is 10.0 Å². The van der Waals surface area contributed by atoms with Crippen LogP contribution in [0.5, 0.6) is 0 Å². The first-order valence-corrected chi connectivity index (χ1v) is 11.1. The molecule has 1 amide bonds. The summed E-state index contributed by atoms with van der Waals surface area (Å²) in [5.74, 6) is -3.03. The molecule has 3 aromatic rings. The van der Waals surface area contributed by atoms with Crippen molar-refractivity contribution in [2.75, 3.05) is 24.7 Å². The molecule has 0 radical (unpaired) electrons. The number of carbonyl (C=O) groups is 2. The van der Waals surface area contributed by atoms with Crippen LogP contribution in [0, 0.1) is 11.6 Å². The molecule has 1 aliphatic heterocycles. The Bertz CT molecular complexity index is 1220. The average Bonchev–Trinajstić information content (AvgIpc) is 2.84. The molecule has 1 saturated heterocycles. The van der Waals surface area contributed by atoms with Crippen LogP contribution in [-0.2, 0) is 19.9 Å². The van der Waals surface area contributed by atoms with Crippen LogP contribution >= 0.6 is 23.2 Å². The highest BCUT2D eigenvalue weighted by molar-refractivity contribution is 6.42. The molecule has 34 heavy (non-hydrogen) atoms. The Balaban J connectivity index is 1.63. The van der Waals surface area contributed by atoms with Crippen LogP contribution in [0.3, 0.4) is 0 Å². The van der Waals surface area contributed by atoms with Crippen LogP contribution in [0.1, 0.15) is 22.3 Å². The van der Waals surface area contributed by atoms with Gasteiger partial charge in [-0.05, 0) is 42.0 Å². The minimum atomic E-state index is -1.15. The summed E-state index contributed by atoms with van der Waals surface area (Å²) in [5.41, 5.74) is 0.0224. The molecule has 0 aromatic heterocycles.